The molecule has 0 saturated carbocycles. The second kappa shape index (κ2) is 18.8. The standard InChI is InChI=1S/C24H32N2O3.2C4H4O4/c1-27-21-9-8-19-20(24(21)28-2)14-22(29-23(19)15-25)18-10-12-26(13-11-18)16-17-6-4-3-5-7-17;2*5-3(6)1-2-4(7)8/h3-9,18,22-23H,10-16,25H2,1-2H3;2*1-2H,(H,5,6)(H,7,8)/t22-,23-;;/m0../s1. The molecule has 4 rings (SSSR count). The van der Waals surface area contributed by atoms with Crippen molar-refractivity contribution in [3.05, 3.63) is 83.5 Å². The number of hydrogen-bond donors (Lipinski definition) is 5. The number of carbonyl (C=O) groups is 4. The number of aliphatic carboxylic acids is 4. The van der Waals surface area contributed by atoms with Crippen LogP contribution in [0.4, 0.5) is 0 Å². The van der Waals surface area contributed by atoms with Gasteiger partial charge < -0.3 is 40.4 Å². The number of hydrogen-bond acceptors (Lipinski definition) is 9. The van der Waals surface area contributed by atoms with Crippen molar-refractivity contribution in [3.63, 3.8) is 0 Å². The molecule has 0 aromatic heterocycles. The highest BCUT2D eigenvalue weighted by atomic mass is 16.5. The van der Waals surface area contributed by atoms with E-state index >= 15 is 0 Å². The first kappa shape index (κ1) is 36.5. The molecule has 0 aliphatic carbocycles. The predicted molar refractivity (Wildman–Crippen MR) is 163 cm³/mol. The maximum absolute atomic E-state index is 9.55. The Morgan fingerprint density at radius 3 is 1.82 bits per heavy atom. The molecule has 45 heavy (non-hydrogen) atoms. The first-order valence-electron chi connectivity index (χ1n) is 14.1. The largest absolute Gasteiger partial charge is 0.493 e. The quantitative estimate of drug-likeness (QED) is 0.240. The highest BCUT2D eigenvalue weighted by Gasteiger charge is 2.36. The zero-order valence-electron chi connectivity index (χ0n) is 25.2. The minimum absolute atomic E-state index is 0.0779. The van der Waals surface area contributed by atoms with Gasteiger partial charge in [-0.05, 0) is 49.0 Å². The summed E-state index contributed by atoms with van der Waals surface area (Å²) in [6.07, 6.45) is 5.49. The molecule has 2 aromatic rings. The van der Waals surface area contributed by atoms with Gasteiger partial charge in [-0.25, -0.2) is 19.2 Å². The molecule has 2 atom stereocenters. The van der Waals surface area contributed by atoms with Crippen molar-refractivity contribution in [2.45, 2.75) is 38.0 Å². The smallest absolute Gasteiger partial charge is 0.328 e. The molecule has 13 nitrogen and oxygen atoms in total. The zero-order chi connectivity index (χ0) is 33.4. The monoisotopic (exact) mass is 628 g/mol. The summed E-state index contributed by atoms with van der Waals surface area (Å²) in [4.78, 5) is 40.8. The molecule has 0 bridgehead atoms. The summed E-state index contributed by atoms with van der Waals surface area (Å²) in [5.41, 5.74) is 9.80. The van der Waals surface area contributed by atoms with Gasteiger partial charge in [0.2, 0.25) is 0 Å². The van der Waals surface area contributed by atoms with E-state index in [1.165, 1.54) is 11.1 Å². The van der Waals surface area contributed by atoms with Crippen LogP contribution in [0.1, 0.15) is 35.6 Å². The van der Waals surface area contributed by atoms with Crippen molar-refractivity contribution in [2.24, 2.45) is 11.7 Å². The van der Waals surface area contributed by atoms with Crippen molar-refractivity contribution in [1.29, 1.82) is 0 Å². The van der Waals surface area contributed by atoms with Gasteiger partial charge in [0.25, 0.3) is 0 Å². The van der Waals surface area contributed by atoms with Crippen LogP contribution in [0.5, 0.6) is 11.5 Å². The van der Waals surface area contributed by atoms with Crippen LogP contribution in [-0.4, -0.2) is 89.2 Å². The molecule has 1 saturated heterocycles. The highest BCUT2D eigenvalue weighted by Crippen LogP contribution is 2.43. The van der Waals surface area contributed by atoms with Crippen LogP contribution in [-0.2, 0) is 36.9 Å². The Hall–Kier alpha value is -4.72. The van der Waals surface area contributed by atoms with Gasteiger partial charge in [0.05, 0.1) is 26.4 Å². The molecule has 0 spiro atoms. The van der Waals surface area contributed by atoms with E-state index in [0.717, 1.165) is 56.0 Å². The Balaban J connectivity index is 0.000000365. The van der Waals surface area contributed by atoms with Crippen LogP contribution < -0.4 is 15.2 Å². The third-order valence-electron chi connectivity index (χ3n) is 7.13. The highest BCUT2D eigenvalue weighted by molar-refractivity contribution is 5.90. The second-order valence-corrected chi connectivity index (χ2v) is 10.1. The Kier molecular flexibility index (Phi) is 15.3. The predicted octanol–water partition coefficient (Wildman–Crippen LogP) is 2.98. The number of piperidine rings is 1. The molecule has 244 valence electrons. The van der Waals surface area contributed by atoms with Crippen molar-refractivity contribution >= 4 is 23.9 Å². The maximum atomic E-state index is 9.55. The summed E-state index contributed by atoms with van der Waals surface area (Å²) >= 11 is 0. The first-order valence-corrected chi connectivity index (χ1v) is 14.1. The number of nitrogens with zero attached hydrogens (tertiary/aromatic N) is 1. The lowest BCUT2D eigenvalue weighted by molar-refractivity contribution is -0.134. The molecular formula is C32H40N2O11. The number of nitrogens with two attached hydrogens (primary N) is 1. The van der Waals surface area contributed by atoms with Gasteiger partial charge in [-0.2, -0.15) is 0 Å². The van der Waals surface area contributed by atoms with E-state index in [-0.39, 0.29) is 12.2 Å². The van der Waals surface area contributed by atoms with Gasteiger partial charge in [-0.15, -0.1) is 0 Å². The summed E-state index contributed by atoms with van der Waals surface area (Å²) in [6.45, 7) is 3.72. The Morgan fingerprint density at radius 2 is 1.38 bits per heavy atom. The molecular weight excluding hydrogens is 588 g/mol. The molecule has 1 fully saturated rings. The Bertz CT molecular complexity index is 1270. The first-order chi connectivity index (χ1) is 21.5. The lowest BCUT2D eigenvalue weighted by Crippen LogP contribution is -2.42. The van der Waals surface area contributed by atoms with E-state index in [1.54, 1.807) is 14.2 Å². The van der Waals surface area contributed by atoms with E-state index in [9.17, 15) is 19.2 Å². The molecule has 6 N–H and O–H groups in total. The topological polar surface area (TPSA) is 206 Å². The Morgan fingerprint density at radius 1 is 0.844 bits per heavy atom. The van der Waals surface area contributed by atoms with Crippen molar-refractivity contribution in [3.8, 4) is 11.5 Å². The van der Waals surface area contributed by atoms with Crippen LogP contribution in [0.15, 0.2) is 66.8 Å². The van der Waals surface area contributed by atoms with Crippen molar-refractivity contribution < 1.29 is 53.8 Å². The zero-order valence-corrected chi connectivity index (χ0v) is 25.2. The molecule has 2 aliphatic rings. The number of carboxylic acid groups (broad SMARTS) is 4. The van der Waals surface area contributed by atoms with Gasteiger partial charge in [0.1, 0.15) is 0 Å². The Labute approximate surface area is 261 Å². The van der Waals surface area contributed by atoms with Gasteiger partial charge in [0.15, 0.2) is 11.5 Å². The van der Waals surface area contributed by atoms with Gasteiger partial charge in [-0.3, -0.25) is 4.90 Å². The fourth-order valence-electron chi connectivity index (χ4n) is 5.12. The van der Waals surface area contributed by atoms with Crippen LogP contribution in [0.2, 0.25) is 0 Å². The molecule has 2 aromatic carbocycles. The van der Waals surface area contributed by atoms with Gasteiger partial charge in [-0.1, -0.05) is 36.4 Å². The maximum Gasteiger partial charge on any atom is 0.328 e. The summed E-state index contributed by atoms with van der Waals surface area (Å²) in [6, 6.07) is 14.7. The summed E-state index contributed by atoms with van der Waals surface area (Å²) < 4.78 is 17.7. The number of rotatable bonds is 10. The molecule has 0 radical (unpaired) electrons. The van der Waals surface area contributed by atoms with Crippen LogP contribution >= 0.6 is 0 Å². The molecule has 2 heterocycles. The van der Waals surface area contributed by atoms with Gasteiger partial charge >= 0.3 is 23.9 Å². The second-order valence-electron chi connectivity index (χ2n) is 10.1. The van der Waals surface area contributed by atoms with Crippen LogP contribution in [0.3, 0.4) is 0 Å². The molecule has 13 heteroatoms. The number of likely N-dealkylation sites (tertiary alicyclic amines) is 1. The lowest BCUT2D eigenvalue weighted by atomic mass is 9.83. The number of methoxy groups -OCH3 is 2. The van der Waals surface area contributed by atoms with Crippen LogP contribution in [0, 0.1) is 5.92 Å². The summed E-state index contributed by atoms with van der Waals surface area (Å²) in [5, 5.41) is 31.2. The fourth-order valence-corrected chi connectivity index (χ4v) is 5.12. The normalized spacial score (nSPS) is 18.1. The van der Waals surface area contributed by atoms with E-state index in [1.807, 2.05) is 6.07 Å². The minimum atomic E-state index is -1.26. The van der Waals surface area contributed by atoms with E-state index in [2.05, 4.69) is 41.3 Å². The third-order valence-corrected chi connectivity index (χ3v) is 7.13. The summed E-state index contributed by atoms with van der Waals surface area (Å²) in [7, 11) is 3.39. The fraction of sp³-hybridized carbons (Fsp3) is 0.375. The van der Waals surface area contributed by atoms with Gasteiger partial charge in [0, 0.05) is 49.4 Å². The molecule has 2 aliphatic heterocycles. The molecule has 0 unspecified atom stereocenters. The van der Waals surface area contributed by atoms with Crippen LogP contribution in [0.25, 0.3) is 0 Å². The number of carboxylic acids is 4. The summed E-state index contributed by atoms with van der Waals surface area (Å²) in [5.74, 6) is -2.88. The minimum Gasteiger partial charge on any atom is -0.493 e. The number of fused-ring (bicyclic) bond motifs is 1. The average molecular weight is 629 g/mol. The van der Waals surface area contributed by atoms with E-state index < -0.39 is 23.9 Å². The SMILES string of the molecule is COc1ccc2c(c1OC)C[C@@H](C1CCN(Cc3ccccc3)CC1)O[C@H]2CN.O=C(O)C=CC(=O)O.O=C(O)C=CC(=O)O. The third kappa shape index (κ3) is 12.4. The van der Waals surface area contributed by atoms with E-state index in [4.69, 9.17) is 40.4 Å². The van der Waals surface area contributed by atoms with Crippen molar-refractivity contribution in [1.82, 2.24) is 4.90 Å². The lowest BCUT2D eigenvalue weighted by Gasteiger charge is -2.40. The van der Waals surface area contributed by atoms with E-state index in [0.29, 0.717) is 36.8 Å². The molecule has 0 amide bonds. The average Bonchev–Trinajstić information content (AvgIpc) is 3.03. The number of benzene rings is 2. The van der Waals surface area contributed by atoms with Crippen molar-refractivity contribution in [2.75, 3.05) is 33.9 Å². The number of ether oxygens (including phenoxy) is 3.